The highest BCUT2D eigenvalue weighted by Gasteiger charge is 2.56. The van der Waals surface area contributed by atoms with Crippen molar-refractivity contribution in [1.29, 1.82) is 0 Å². The molecule has 1 aliphatic carbocycles. The normalized spacial score (nSPS) is 27.4. The summed E-state index contributed by atoms with van der Waals surface area (Å²) in [6.07, 6.45) is 3.06. The third-order valence-corrected chi connectivity index (χ3v) is 7.15. The summed E-state index contributed by atoms with van der Waals surface area (Å²) in [5.74, 6) is -0.292. The molecule has 110 valence electrons. The van der Waals surface area contributed by atoms with Gasteiger partial charge in [-0.05, 0) is 33.6 Å². The Hall–Kier alpha value is -0.563. The second kappa shape index (κ2) is 7.89. The van der Waals surface area contributed by atoms with E-state index < -0.39 is 8.80 Å². The molecule has 0 aromatic carbocycles. The predicted octanol–water partition coefficient (Wildman–Crippen LogP) is 1.83. The fourth-order valence-electron chi connectivity index (χ4n) is 2.83. The summed E-state index contributed by atoms with van der Waals surface area (Å²) in [5, 5.41) is 0. The third-order valence-electron chi connectivity index (χ3n) is 3.51. The van der Waals surface area contributed by atoms with Crippen molar-refractivity contribution in [2.45, 2.75) is 39.2 Å². The van der Waals surface area contributed by atoms with Crippen LogP contribution in [0.15, 0.2) is 0 Å². The van der Waals surface area contributed by atoms with Gasteiger partial charge in [-0.1, -0.05) is 0 Å². The van der Waals surface area contributed by atoms with Gasteiger partial charge < -0.3 is 22.9 Å². The summed E-state index contributed by atoms with van der Waals surface area (Å²) in [4.78, 5) is 22.3. The van der Waals surface area contributed by atoms with E-state index in [0.717, 1.165) is 12.6 Å². The molecule has 3 atom stereocenters. The molecule has 0 aliphatic heterocycles. The molecule has 0 amide bonds. The molecule has 0 heterocycles. The lowest BCUT2D eigenvalue weighted by Crippen LogP contribution is -2.51. The maximum Gasteiger partial charge on any atom is 0.504 e. The molecule has 0 N–H and O–H groups in total. The van der Waals surface area contributed by atoms with Gasteiger partial charge in [0.05, 0.1) is 0 Å². The molecule has 0 radical (unpaired) electrons. The Morgan fingerprint density at radius 3 is 1.84 bits per heavy atom. The summed E-state index contributed by atoms with van der Waals surface area (Å²) in [6, 6.07) is 0. The van der Waals surface area contributed by atoms with E-state index in [0.29, 0.717) is 32.7 Å². The van der Waals surface area contributed by atoms with Crippen molar-refractivity contribution in [3.8, 4) is 0 Å². The van der Waals surface area contributed by atoms with Gasteiger partial charge in [-0.15, -0.1) is 0 Å². The SMILES string of the molecule is CCO[Si](OCC)(OCC)C1CC(C=O)CC1C=O. The van der Waals surface area contributed by atoms with Crippen molar-refractivity contribution >= 4 is 21.4 Å². The lowest BCUT2D eigenvalue weighted by Gasteiger charge is -2.34. The second-order valence-electron chi connectivity index (χ2n) is 4.68. The Morgan fingerprint density at radius 2 is 1.47 bits per heavy atom. The van der Waals surface area contributed by atoms with Gasteiger partial charge in [0.15, 0.2) is 0 Å². The zero-order valence-corrected chi connectivity index (χ0v) is 13.0. The molecular weight excluding hydrogens is 264 g/mol. The van der Waals surface area contributed by atoms with E-state index in [1.807, 2.05) is 20.8 Å². The number of carbonyl (C=O) groups excluding carboxylic acids is 2. The first-order chi connectivity index (χ1) is 9.17. The van der Waals surface area contributed by atoms with Crippen molar-refractivity contribution in [3.05, 3.63) is 0 Å². The molecule has 3 unspecified atom stereocenters. The fraction of sp³-hybridized carbons (Fsp3) is 0.846. The largest absolute Gasteiger partial charge is 0.504 e. The first-order valence-corrected chi connectivity index (χ1v) is 8.79. The first kappa shape index (κ1) is 16.5. The summed E-state index contributed by atoms with van der Waals surface area (Å²) in [7, 11) is -2.89. The highest BCUT2D eigenvalue weighted by Crippen LogP contribution is 2.46. The van der Waals surface area contributed by atoms with Gasteiger partial charge >= 0.3 is 8.80 Å². The van der Waals surface area contributed by atoms with Gasteiger partial charge in [0, 0.05) is 37.2 Å². The van der Waals surface area contributed by atoms with Crippen molar-refractivity contribution in [2.24, 2.45) is 11.8 Å². The molecule has 0 saturated heterocycles. The van der Waals surface area contributed by atoms with Gasteiger partial charge in [0.25, 0.3) is 0 Å². The van der Waals surface area contributed by atoms with E-state index >= 15 is 0 Å². The average Bonchev–Trinajstić information content (AvgIpc) is 2.83. The van der Waals surface area contributed by atoms with Gasteiger partial charge in [-0.25, -0.2) is 0 Å². The lowest BCUT2D eigenvalue weighted by molar-refractivity contribution is -0.112. The van der Waals surface area contributed by atoms with Gasteiger partial charge in [-0.2, -0.15) is 0 Å². The zero-order chi connectivity index (χ0) is 14.3. The quantitative estimate of drug-likeness (QED) is 0.478. The van der Waals surface area contributed by atoms with E-state index in [1.54, 1.807) is 0 Å². The van der Waals surface area contributed by atoms with E-state index in [-0.39, 0.29) is 17.4 Å². The molecule has 1 rings (SSSR count). The topological polar surface area (TPSA) is 61.8 Å². The molecule has 0 bridgehead atoms. The van der Waals surface area contributed by atoms with Crippen LogP contribution in [0.4, 0.5) is 0 Å². The van der Waals surface area contributed by atoms with E-state index in [9.17, 15) is 9.59 Å². The van der Waals surface area contributed by atoms with Crippen LogP contribution in [0, 0.1) is 11.8 Å². The van der Waals surface area contributed by atoms with E-state index in [4.69, 9.17) is 13.3 Å². The molecule has 6 heteroatoms. The van der Waals surface area contributed by atoms with Crippen LogP contribution in [0.2, 0.25) is 5.54 Å². The minimum absolute atomic E-state index is 0.0894. The van der Waals surface area contributed by atoms with Crippen molar-refractivity contribution in [3.63, 3.8) is 0 Å². The smallest absolute Gasteiger partial charge is 0.374 e. The number of hydrogen-bond donors (Lipinski definition) is 0. The molecule has 0 aromatic heterocycles. The minimum Gasteiger partial charge on any atom is -0.374 e. The monoisotopic (exact) mass is 288 g/mol. The maximum atomic E-state index is 11.3. The van der Waals surface area contributed by atoms with Crippen LogP contribution >= 0.6 is 0 Å². The highest BCUT2D eigenvalue weighted by atomic mass is 28.4. The number of hydrogen-bond acceptors (Lipinski definition) is 5. The molecule has 1 saturated carbocycles. The Bertz CT molecular complexity index is 280. The van der Waals surface area contributed by atoms with Gasteiger partial charge in [-0.3, -0.25) is 0 Å². The molecule has 1 aliphatic rings. The lowest BCUT2D eigenvalue weighted by atomic mass is 10.1. The van der Waals surface area contributed by atoms with E-state index in [1.165, 1.54) is 0 Å². The number of carbonyl (C=O) groups is 2. The fourth-order valence-corrected chi connectivity index (χ4v) is 6.26. The van der Waals surface area contributed by atoms with Crippen LogP contribution in [0.3, 0.4) is 0 Å². The van der Waals surface area contributed by atoms with Crippen LogP contribution in [0.1, 0.15) is 33.6 Å². The van der Waals surface area contributed by atoms with Crippen LogP contribution < -0.4 is 0 Å². The van der Waals surface area contributed by atoms with Crippen LogP contribution in [-0.2, 0) is 22.9 Å². The van der Waals surface area contributed by atoms with Crippen LogP contribution in [-0.4, -0.2) is 41.2 Å². The molecule has 1 fully saturated rings. The maximum absolute atomic E-state index is 11.3. The van der Waals surface area contributed by atoms with Gasteiger partial charge in [0.2, 0.25) is 0 Å². The van der Waals surface area contributed by atoms with Crippen molar-refractivity contribution in [2.75, 3.05) is 19.8 Å². The van der Waals surface area contributed by atoms with Gasteiger partial charge in [0.1, 0.15) is 12.6 Å². The predicted molar refractivity (Wildman–Crippen MR) is 72.7 cm³/mol. The molecule has 19 heavy (non-hydrogen) atoms. The van der Waals surface area contributed by atoms with Crippen LogP contribution in [0.5, 0.6) is 0 Å². The summed E-state index contributed by atoms with van der Waals surface area (Å²) in [5.41, 5.74) is -0.0972. The first-order valence-electron chi connectivity index (χ1n) is 6.99. The highest BCUT2D eigenvalue weighted by molar-refractivity contribution is 6.62. The summed E-state index contributed by atoms with van der Waals surface area (Å²) < 4.78 is 17.5. The Labute approximate surface area is 116 Å². The Kier molecular flexibility index (Phi) is 6.85. The summed E-state index contributed by atoms with van der Waals surface area (Å²) >= 11 is 0. The molecular formula is C13H24O5Si. The van der Waals surface area contributed by atoms with Crippen molar-refractivity contribution < 1.29 is 22.9 Å². The number of aldehydes is 2. The minimum atomic E-state index is -2.89. The van der Waals surface area contributed by atoms with Crippen molar-refractivity contribution in [1.82, 2.24) is 0 Å². The summed E-state index contributed by atoms with van der Waals surface area (Å²) in [6.45, 7) is 7.13. The third kappa shape index (κ3) is 3.72. The molecule has 0 spiro atoms. The average molecular weight is 288 g/mol. The molecule has 0 aromatic rings. The van der Waals surface area contributed by atoms with E-state index in [2.05, 4.69) is 0 Å². The Morgan fingerprint density at radius 1 is 0.947 bits per heavy atom. The zero-order valence-electron chi connectivity index (χ0n) is 12.0. The Balaban J connectivity index is 2.99. The molecule has 5 nitrogen and oxygen atoms in total. The number of rotatable bonds is 9. The second-order valence-corrected chi connectivity index (χ2v) is 7.49. The standard InChI is InChI=1S/C13H24O5Si/c1-4-16-19(17-5-2,18-6-3)13-8-11(9-14)7-12(13)10-15/h9-13H,4-8H2,1-3H3. The van der Waals surface area contributed by atoms with Crippen LogP contribution in [0.25, 0.3) is 0 Å².